The van der Waals surface area contributed by atoms with Crippen LogP contribution in [0.3, 0.4) is 0 Å². The van der Waals surface area contributed by atoms with E-state index in [1.54, 1.807) is 42.5 Å². The van der Waals surface area contributed by atoms with Crippen molar-refractivity contribution < 1.29 is 32.3 Å². The zero-order valence-corrected chi connectivity index (χ0v) is 22.8. The van der Waals surface area contributed by atoms with Gasteiger partial charge in [0.25, 0.3) is 11.3 Å². The number of pyridine rings is 1. The lowest BCUT2D eigenvalue weighted by Gasteiger charge is -2.20. The fraction of sp³-hybridized carbons (Fsp3) is 0.188. The van der Waals surface area contributed by atoms with Gasteiger partial charge < -0.3 is 14.6 Å². The van der Waals surface area contributed by atoms with Gasteiger partial charge in [0.1, 0.15) is 24.9 Å². The maximum Gasteiger partial charge on any atom is 0.452 e. The number of rotatable bonds is 11. The van der Waals surface area contributed by atoms with Gasteiger partial charge in [-0.1, -0.05) is 91.0 Å². The van der Waals surface area contributed by atoms with Gasteiger partial charge in [0.05, 0.1) is 0 Å². The number of carbonyl (C=O) groups is 3. The summed E-state index contributed by atoms with van der Waals surface area (Å²) in [6, 6.07) is 25.5. The van der Waals surface area contributed by atoms with Crippen molar-refractivity contribution in [3.8, 4) is 0 Å². The molecule has 0 aliphatic heterocycles. The Morgan fingerprint density at radius 3 is 1.93 bits per heavy atom. The molecule has 0 spiro atoms. The van der Waals surface area contributed by atoms with Crippen molar-refractivity contribution in [2.75, 3.05) is 5.32 Å². The van der Waals surface area contributed by atoms with Crippen LogP contribution in [0, 0.1) is 0 Å². The van der Waals surface area contributed by atoms with Crippen LogP contribution in [-0.2, 0) is 40.3 Å². The van der Waals surface area contributed by atoms with Crippen LogP contribution >= 0.6 is 0 Å². The molecule has 2 N–H and O–H groups in total. The monoisotopic (exact) mass is 591 g/mol. The topological polar surface area (TPSA) is 106 Å². The fourth-order valence-corrected chi connectivity index (χ4v) is 4.35. The van der Waals surface area contributed by atoms with Crippen LogP contribution in [-0.4, -0.2) is 34.6 Å². The van der Waals surface area contributed by atoms with Gasteiger partial charge in [0.2, 0.25) is 5.91 Å². The zero-order chi connectivity index (χ0) is 30.8. The van der Waals surface area contributed by atoms with Gasteiger partial charge in [-0.3, -0.25) is 19.7 Å². The molecule has 43 heavy (non-hydrogen) atoms. The number of hydrogen-bond donors (Lipinski definition) is 2. The van der Waals surface area contributed by atoms with Crippen LogP contribution in [0.5, 0.6) is 0 Å². The van der Waals surface area contributed by atoms with E-state index in [1.807, 2.05) is 36.4 Å². The molecule has 8 nitrogen and oxygen atoms in total. The SMILES string of the molecule is O=C(Cn1cc(Cc2ccccc2)cc(NC(=O)OCc2ccccc2)c1=O)NC(Cc1ccccc1)C(=O)C(F)(F)F. The highest BCUT2D eigenvalue weighted by Gasteiger charge is 2.43. The van der Waals surface area contributed by atoms with Crippen molar-refractivity contribution in [2.45, 2.75) is 38.2 Å². The third-order valence-corrected chi connectivity index (χ3v) is 6.37. The molecule has 4 aromatic rings. The number of ether oxygens (including phenoxy) is 1. The molecule has 0 saturated heterocycles. The number of anilines is 1. The molecule has 3 aromatic carbocycles. The van der Waals surface area contributed by atoms with Crippen LogP contribution in [0.2, 0.25) is 0 Å². The summed E-state index contributed by atoms with van der Waals surface area (Å²) in [7, 11) is 0. The van der Waals surface area contributed by atoms with E-state index in [4.69, 9.17) is 4.74 Å². The second-order valence-corrected chi connectivity index (χ2v) is 9.72. The highest BCUT2D eigenvalue weighted by Crippen LogP contribution is 2.20. The summed E-state index contributed by atoms with van der Waals surface area (Å²) in [5.41, 5.74) is 1.56. The zero-order valence-electron chi connectivity index (χ0n) is 22.8. The summed E-state index contributed by atoms with van der Waals surface area (Å²) >= 11 is 0. The molecule has 222 valence electrons. The molecule has 1 aromatic heterocycles. The van der Waals surface area contributed by atoms with Crippen LogP contribution in [0.4, 0.5) is 23.7 Å². The first-order valence-electron chi connectivity index (χ1n) is 13.3. The summed E-state index contributed by atoms with van der Waals surface area (Å²) in [4.78, 5) is 50.9. The molecule has 0 aliphatic rings. The first-order valence-corrected chi connectivity index (χ1v) is 13.3. The van der Waals surface area contributed by atoms with E-state index in [2.05, 4.69) is 10.6 Å². The third kappa shape index (κ3) is 9.15. The van der Waals surface area contributed by atoms with Crippen molar-refractivity contribution >= 4 is 23.5 Å². The van der Waals surface area contributed by atoms with E-state index in [0.29, 0.717) is 17.5 Å². The average molecular weight is 592 g/mol. The summed E-state index contributed by atoms with van der Waals surface area (Å²) < 4.78 is 46.2. The second kappa shape index (κ2) is 14.1. The predicted molar refractivity (Wildman–Crippen MR) is 153 cm³/mol. The third-order valence-electron chi connectivity index (χ3n) is 6.37. The standard InChI is InChI=1S/C32H28F3N3O5/c33-32(34,35)29(40)26(17-23-12-6-2-7-13-23)36-28(39)20-38-19-25(16-22-10-4-1-5-11-22)18-27(30(38)41)37-31(42)43-21-24-14-8-3-9-15-24/h1-15,18-19,26H,16-17,20-21H2,(H,36,39)(H,37,42). The number of halogens is 3. The lowest BCUT2D eigenvalue weighted by atomic mass is 10.0. The molecule has 11 heteroatoms. The lowest BCUT2D eigenvalue weighted by molar-refractivity contribution is -0.173. The van der Waals surface area contributed by atoms with Crippen LogP contribution in [0.15, 0.2) is 108 Å². The van der Waals surface area contributed by atoms with Crippen molar-refractivity contribution in [1.29, 1.82) is 0 Å². The van der Waals surface area contributed by atoms with Crippen molar-refractivity contribution in [3.05, 3.63) is 136 Å². The minimum atomic E-state index is -5.18. The number of carbonyl (C=O) groups excluding carboxylic acids is 3. The summed E-state index contributed by atoms with van der Waals surface area (Å²) in [6.07, 6.45) is -4.79. The van der Waals surface area contributed by atoms with Gasteiger partial charge in [0.15, 0.2) is 0 Å². The number of nitrogens with one attached hydrogen (secondary N) is 2. The van der Waals surface area contributed by atoms with Crippen molar-refractivity contribution in [1.82, 2.24) is 9.88 Å². The minimum absolute atomic E-state index is 0.0526. The number of hydrogen-bond acceptors (Lipinski definition) is 5. The normalized spacial score (nSPS) is 11.8. The van der Waals surface area contributed by atoms with Crippen molar-refractivity contribution in [2.24, 2.45) is 0 Å². The van der Waals surface area contributed by atoms with Gasteiger partial charge in [0, 0.05) is 12.6 Å². The first-order chi connectivity index (χ1) is 20.6. The fourth-order valence-electron chi connectivity index (χ4n) is 4.35. The van der Waals surface area contributed by atoms with Crippen LogP contribution in [0.25, 0.3) is 0 Å². The molecule has 1 unspecified atom stereocenters. The number of amides is 2. The Balaban J connectivity index is 1.56. The van der Waals surface area contributed by atoms with E-state index < -0.39 is 48.5 Å². The maximum atomic E-state index is 13.3. The minimum Gasteiger partial charge on any atom is -0.444 e. The molecular weight excluding hydrogens is 563 g/mol. The quantitative estimate of drug-likeness (QED) is 0.254. The summed E-state index contributed by atoms with van der Waals surface area (Å²) in [6.45, 7) is -0.755. The Bertz CT molecular complexity index is 1610. The molecule has 0 radical (unpaired) electrons. The predicted octanol–water partition coefficient (Wildman–Crippen LogP) is 5.05. The van der Waals surface area contributed by atoms with Crippen molar-refractivity contribution in [3.63, 3.8) is 0 Å². The molecule has 4 rings (SSSR count). The highest BCUT2D eigenvalue weighted by atomic mass is 19.4. The molecule has 0 bridgehead atoms. The molecule has 2 amide bonds. The van der Waals surface area contributed by atoms with Gasteiger partial charge in [-0.2, -0.15) is 13.2 Å². The Morgan fingerprint density at radius 1 is 0.791 bits per heavy atom. The highest BCUT2D eigenvalue weighted by molar-refractivity contribution is 5.93. The number of Topliss-reactive ketones (excluding diaryl/α,β-unsaturated/α-hetero) is 1. The maximum absolute atomic E-state index is 13.3. The smallest absolute Gasteiger partial charge is 0.444 e. The first kappa shape index (κ1) is 30.8. The van der Waals surface area contributed by atoms with Gasteiger partial charge in [-0.15, -0.1) is 0 Å². The molecule has 1 heterocycles. The Kier molecular flexibility index (Phi) is 10.1. The molecule has 1 atom stereocenters. The Hall–Kier alpha value is -5.19. The largest absolute Gasteiger partial charge is 0.452 e. The lowest BCUT2D eigenvalue weighted by Crippen LogP contribution is -2.49. The van der Waals surface area contributed by atoms with Gasteiger partial charge in [-0.25, -0.2) is 4.79 Å². The van der Waals surface area contributed by atoms with E-state index in [9.17, 15) is 32.3 Å². The number of aromatic nitrogens is 1. The number of ketones is 1. The van der Waals surface area contributed by atoms with E-state index in [-0.39, 0.29) is 12.3 Å². The van der Waals surface area contributed by atoms with E-state index >= 15 is 0 Å². The molecule has 0 fully saturated rings. The summed E-state index contributed by atoms with van der Waals surface area (Å²) in [5, 5.41) is 4.54. The molecule has 0 aliphatic carbocycles. The molecule has 0 saturated carbocycles. The Labute approximate surface area is 245 Å². The Morgan fingerprint density at radius 2 is 1.35 bits per heavy atom. The summed E-state index contributed by atoms with van der Waals surface area (Å²) in [5.74, 6) is -3.10. The van der Waals surface area contributed by atoms with Gasteiger partial charge in [-0.05, 0) is 34.7 Å². The van der Waals surface area contributed by atoms with E-state index in [1.165, 1.54) is 24.4 Å². The molecular formula is C32H28F3N3O5. The number of nitrogens with zero attached hydrogens (tertiary/aromatic N) is 1. The number of alkyl halides is 3. The second-order valence-electron chi connectivity index (χ2n) is 9.72. The van der Waals surface area contributed by atoms with E-state index in [0.717, 1.165) is 15.7 Å². The van der Waals surface area contributed by atoms with Gasteiger partial charge >= 0.3 is 12.3 Å². The van der Waals surface area contributed by atoms with Crippen LogP contribution in [0.1, 0.15) is 22.3 Å². The van der Waals surface area contributed by atoms with Crippen LogP contribution < -0.4 is 16.2 Å². The average Bonchev–Trinajstić information content (AvgIpc) is 2.99. The number of benzene rings is 3.